The highest BCUT2D eigenvalue weighted by atomic mass is 32.1. The van der Waals surface area contributed by atoms with Gasteiger partial charge in [0.1, 0.15) is 6.61 Å². The molecule has 1 heterocycles. The van der Waals surface area contributed by atoms with Gasteiger partial charge in [-0.05, 0) is 35.1 Å². The standard InChI is InChI=1S/C23H22N2O4S/c1-28-21(26)12-6-7-15-14-30-22(24-15)25-23(27)29-13-20-18-10-4-2-8-16(18)17-9-3-5-11-19(17)20/h2-5,8-11,14,20H,6-7,12-13H2,1H3,(H,24,25,27). The lowest BCUT2D eigenvalue weighted by Gasteiger charge is -2.14. The molecule has 2 aromatic carbocycles. The molecule has 154 valence electrons. The molecule has 3 aromatic rings. The fourth-order valence-corrected chi connectivity index (χ4v) is 4.45. The Morgan fingerprint density at radius 2 is 1.73 bits per heavy atom. The van der Waals surface area contributed by atoms with Crippen molar-refractivity contribution in [3.8, 4) is 11.1 Å². The van der Waals surface area contributed by atoms with Gasteiger partial charge in [-0.3, -0.25) is 10.1 Å². The molecule has 0 saturated carbocycles. The monoisotopic (exact) mass is 422 g/mol. The number of hydrogen-bond donors (Lipinski definition) is 1. The van der Waals surface area contributed by atoms with Crippen LogP contribution in [0.25, 0.3) is 11.1 Å². The molecule has 0 saturated heterocycles. The van der Waals surface area contributed by atoms with Crippen molar-refractivity contribution in [2.45, 2.75) is 25.2 Å². The first-order chi connectivity index (χ1) is 14.7. The molecular weight excluding hydrogens is 400 g/mol. The number of ether oxygens (including phenoxy) is 2. The van der Waals surface area contributed by atoms with Crippen molar-refractivity contribution in [1.29, 1.82) is 0 Å². The highest BCUT2D eigenvalue weighted by molar-refractivity contribution is 7.13. The predicted molar refractivity (Wildman–Crippen MR) is 116 cm³/mol. The Bertz CT molecular complexity index is 1020. The molecule has 7 heteroatoms. The van der Waals surface area contributed by atoms with Crippen LogP contribution in [0.4, 0.5) is 9.93 Å². The summed E-state index contributed by atoms with van der Waals surface area (Å²) in [6.07, 6.45) is 1.13. The van der Waals surface area contributed by atoms with Crippen LogP contribution in [-0.4, -0.2) is 30.8 Å². The van der Waals surface area contributed by atoms with Crippen molar-refractivity contribution in [1.82, 2.24) is 4.98 Å². The Kier molecular flexibility index (Phi) is 6.09. The third-order valence-electron chi connectivity index (χ3n) is 5.15. The number of methoxy groups -OCH3 is 1. The van der Waals surface area contributed by atoms with Crippen LogP contribution in [0.1, 0.15) is 35.6 Å². The second-order valence-corrected chi connectivity index (χ2v) is 7.88. The van der Waals surface area contributed by atoms with Gasteiger partial charge in [0.25, 0.3) is 0 Å². The van der Waals surface area contributed by atoms with Crippen LogP contribution in [0.5, 0.6) is 0 Å². The van der Waals surface area contributed by atoms with E-state index in [1.807, 2.05) is 29.6 Å². The molecule has 1 aromatic heterocycles. The Hall–Kier alpha value is -3.19. The topological polar surface area (TPSA) is 77.5 Å². The summed E-state index contributed by atoms with van der Waals surface area (Å²) in [7, 11) is 1.38. The number of benzene rings is 2. The minimum atomic E-state index is -0.521. The Morgan fingerprint density at radius 3 is 2.40 bits per heavy atom. The van der Waals surface area contributed by atoms with Gasteiger partial charge in [0.2, 0.25) is 0 Å². The number of nitrogens with zero attached hydrogens (tertiary/aromatic N) is 1. The van der Waals surface area contributed by atoms with Crippen molar-refractivity contribution in [2.75, 3.05) is 19.0 Å². The van der Waals surface area contributed by atoms with Crippen molar-refractivity contribution >= 4 is 28.5 Å². The van der Waals surface area contributed by atoms with Gasteiger partial charge in [0.15, 0.2) is 5.13 Å². The molecule has 0 unspecified atom stereocenters. The summed E-state index contributed by atoms with van der Waals surface area (Å²) in [5.41, 5.74) is 5.57. The largest absolute Gasteiger partial charge is 0.469 e. The van der Waals surface area contributed by atoms with Crippen LogP contribution in [-0.2, 0) is 20.7 Å². The second kappa shape index (κ2) is 9.09. The lowest BCUT2D eigenvalue weighted by atomic mass is 9.98. The smallest absolute Gasteiger partial charge is 0.413 e. The lowest BCUT2D eigenvalue weighted by molar-refractivity contribution is -0.140. The third-order valence-corrected chi connectivity index (χ3v) is 5.95. The maximum absolute atomic E-state index is 12.3. The summed E-state index contributed by atoms with van der Waals surface area (Å²) in [5, 5.41) is 5.06. The molecule has 0 aliphatic heterocycles. The van der Waals surface area contributed by atoms with E-state index in [0.29, 0.717) is 24.4 Å². The predicted octanol–water partition coefficient (Wildman–Crippen LogP) is 5.00. The van der Waals surface area contributed by atoms with Gasteiger partial charge < -0.3 is 9.47 Å². The highest BCUT2D eigenvalue weighted by Crippen LogP contribution is 2.44. The quantitative estimate of drug-likeness (QED) is 0.542. The zero-order valence-electron chi connectivity index (χ0n) is 16.6. The number of aromatic nitrogens is 1. The summed E-state index contributed by atoms with van der Waals surface area (Å²) in [4.78, 5) is 27.9. The van der Waals surface area contributed by atoms with Crippen LogP contribution in [0, 0.1) is 0 Å². The first kappa shape index (κ1) is 20.1. The van der Waals surface area contributed by atoms with Crippen molar-refractivity contribution in [3.63, 3.8) is 0 Å². The zero-order valence-corrected chi connectivity index (χ0v) is 17.4. The number of esters is 1. The van der Waals surface area contributed by atoms with Crippen LogP contribution in [0.3, 0.4) is 0 Å². The highest BCUT2D eigenvalue weighted by Gasteiger charge is 2.29. The minimum absolute atomic E-state index is 0.0216. The SMILES string of the molecule is COC(=O)CCCc1csc(NC(=O)OCC2c3ccccc3-c3ccccc32)n1. The molecule has 1 N–H and O–H groups in total. The first-order valence-electron chi connectivity index (χ1n) is 9.79. The maximum Gasteiger partial charge on any atom is 0.413 e. The van der Waals surface area contributed by atoms with Gasteiger partial charge in [0, 0.05) is 17.7 Å². The minimum Gasteiger partial charge on any atom is -0.469 e. The molecule has 1 aliphatic carbocycles. The number of rotatable bonds is 7. The van der Waals surface area contributed by atoms with E-state index in [1.54, 1.807) is 0 Å². The van der Waals surface area contributed by atoms with E-state index in [9.17, 15) is 9.59 Å². The Morgan fingerprint density at radius 1 is 1.07 bits per heavy atom. The number of hydrogen-bond acceptors (Lipinski definition) is 6. The Labute approximate surface area is 178 Å². The van der Waals surface area contributed by atoms with E-state index in [-0.39, 0.29) is 18.5 Å². The van der Waals surface area contributed by atoms with Crippen molar-refractivity contribution in [3.05, 3.63) is 70.7 Å². The summed E-state index contributed by atoms with van der Waals surface area (Å²) in [5.74, 6) is -0.212. The summed E-state index contributed by atoms with van der Waals surface area (Å²) >= 11 is 1.34. The molecule has 0 atom stereocenters. The number of amides is 1. The van der Waals surface area contributed by atoms with E-state index < -0.39 is 6.09 Å². The first-order valence-corrected chi connectivity index (χ1v) is 10.7. The number of aryl methyl sites for hydroxylation is 1. The molecule has 0 radical (unpaired) electrons. The number of thiazole rings is 1. The molecule has 0 fully saturated rings. The van der Waals surface area contributed by atoms with E-state index in [2.05, 4.69) is 39.3 Å². The summed E-state index contributed by atoms with van der Waals surface area (Å²) in [6, 6.07) is 16.4. The van der Waals surface area contributed by atoms with Gasteiger partial charge in [-0.2, -0.15) is 0 Å². The third kappa shape index (κ3) is 4.36. The zero-order chi connectivity index (χ0) is 20.9. The molecule has 1 aliphatic rings. The van der Waals surface area contributed by atoms with E-state index in [1.165, 1.54) is 40.7 Å². The normalized spacial score (nSPS) is 12.2. The number of carbonyl (C=O) groups is 2. The fourth-order valence-electron chi connectivity index (χ4n) is 3.72. The molecule has 1 amide bonds. The van der Waals surface area contributed by atoms with Gasteiger partial charge in [-0.25, -0.2) is 9.78 Å². The summed E-state index contributed by atoms with van der Waals surface area (Å²) < 4.78 is 10.2. The number of fused-ring (bicyclic) bond motifs is 3. The average Bonchev–Trinajstić information content (AvgIpc) is 3.34. The van der Waals surface area contributed by atoms with E-state index >= 15 is 0 Å². The van der Waals surface area contributed by atoms with Crippen LogP contribution in [0.2, 0.25) is 0 Å². The van der Waals surface area contributed by atoms with Gasteiger partial charge in [-0.15, -0.1) is 11.3 Å². The van der Waals surface area contributed by atoms with Crippen LogP contribution < -0.4 is 5.32 Å². The van der Waals surface area contributed by atoms with E-state index in [0.717, 1.165) is 5.69 Å². The molecule has 0 spiro atoms. The molecule has 30 heavy (non-hydrogen) atoms. The number of carbonyl (C=O) groups excluding carboxylic acids is 2. The van der Waals surface area contributed by atoms with Gasteiger partial charge in [-0.1, -0.05) is 48.5 Å². The maximum atomic E-state index is 12.3. The lowest BCUT2D eigenvalue weighted by Crippen LogP contribution is -2.17. The molecular formula is C23H22N2O4S. The molecule has 0 bridgehead atoms. The number of anilines is 1. The average molecular weight is 423 g/mol. The number of nitrogens with one attached hydrogen (secondary N) is 1. The Balaban J connectivity index is 1.33. The van der Waals surface area contributed by atoms with Crippen molar-refractivity contribution < 1.29 is 19.1 Å². The molecule has 6 nitrogen and oxygen atoms in total. The van der Waals surface area contributed by atoms with Gasteiger partial charge >= 0.3 is 12.1 Å². The summed E-state index contributed by atoms with van der Waals surface area (Å²) in [6.45, 7) is 0.261. The van der Waals surface area contributed by atoms with Crippen LogP contribution >= 0.6 is 11.3 Å². The van der Waals surface area contributed by atoms with Crippen molar-refractivity contribution in [2.24, 2.45) is 0 Å². The second-order valence-electron chi connectivity index (χ2n) is 7.02. The fraction of sp³-hybridized carbons (Fsp3) is 0.261. The van der Waals surface area contributed by atoms with Crippen LogP contribution in [0.15, 0.2) is 53.9 Å². The molecule has 4 rings (SSSR count). The van der Waals surface area contributed by atoms with Gasteiger partial charge in [0.05, 0.1) is 12.8 Å². The van der Waals surface area contributed by atoms with E-state index in [4.69, 9.17) is 4.74 Å².